The molecule has 20 heavy (non-hydrogen) atoms. The van der Waals surface area contributed by atoms with Crippen LogP contribution in [-0.4, -0.2) is 29.2 Å². The molecule has 1 atom stereocenters. The second kappa shape index (κ2) is 8.64. The Kier molecular flexibility index (Phi) is 8.75. The van der Waals surface area contributed by atoms with Gasteiger partial charge in [-0.3, -0.25) is 9.59 Å². The van der Waals surface area contributed by atoms with Crippen molar-refractivity contribution >= 4 is 38.6 Å². The zero-order valence-corrected chi connectivity index (χ0v) is 16.0. The van der Waals surface area contributed by atoms with Gasteiger partial charge in [-0.05, 0) is 31.2 Å². The van der Waals surface area contributed by atoms with Gasteiger partial charge in [-0.2, -0.15) is 0 Å². The summed E-state index contributed by atoms with van der Waals surface area (Å²) < 4.78 is 32.1. The van der Waals surface area contributed by atoms with E-state index in [4.69, 9.17) is 0 Å². The van der Waals surface area contributed by atoms with E-state index in [2.05, 4.69) is 5.32 Å². The summed E-state index contributed by atoms with van der Waals surface area (Å²) in [7, 11) is -4.49. The van der Waals surface area contributed by atoms with Crippen molar-refractivity contribution in [2.75, 3.05) is 5.32 Å². The summed E-state index contributed by atoms with van der Waals surface area (Å²) in [5.74, 6) is -0.377. The SMILES string of the molecule is CC(=O)SC(C)C(=O)Nc1ccc(S(=O)(=O)[O-])cc1.[K+]. The van der Waals surface area contributed by atoms with Gasteiger partial charge < -0.3 is 9.87 Å². The van der Waals surface area contributed by atoms with E-state index in [0.29, 0.717) is 5.69 Å². The van der Waals surface area contributed by atoms with Gasteiger partial charge in [-0.25, -0.2) is 8.42 Å². The van der Waals surface area contributed by atoms with Gasteiger partial charge in [-0.1, -0.05) is 11.8 Å². The van der Waals surface area contributed by atoms with E-state index in [1.54, 1.807) is 6.92 Å². The number of anilines is 1. The van der Waals surface area contributed by atoms with Gasteiger partial charge in [0, 0.05) is 12.6 Å². The van der Waals surface area contributed by atoms with Gasteiger partial charge in [-0.15, -0.1) is 0 Å². The van der Waals surface area contributed by atoms with Crippen molar-refractivity contribution in [3.63, 3.8) is 0 Å². The van der Waals surface area contributed by atoms with Crippen LogP contribution in [0.1, 0.15) is 13.8 Å². The van der Waals surface area contributed by atoms with Crippen molar-refractivity contribution in [2.45, 2.75) is 24.0 Å². The molecule has 0 aliphatic rings. The maximum atomic E-state index is 11.7. The molecule has 1 aromatic carbocycles. The third kappa shape index (κ3) is 6.81. The Hall–Kier alpha value is 0.256. The number of nitrogens with one attached hydrogen (secondary N) is 1. The van der Waals surface area contributed by atoms with Crippen LogP contribution in [-0.2, 0) is 19.7 Å². The minimum absolute atomic E-state index is 0. The fraction of sp³-hybridized carbons (Fsp3) is 0.273. The van der Waals surface area contributed by atoms with E-state index in [1.807, 2.05) is 0 Å². The molecular weight excluding hydrogens is 329 g/mol. The first-order chi connectivity index (χ1) is 8.70. The zero-order chi connectivity index (χ0) is 14.6. The van der Waals surface area contributed by atoms with Gasteiger partial charge in [0.05, 0.1) is 10.1 Å². The van der Waals surface area contributed by atoms with Gasteiger partial charge in [0.15, 0.2) is 5.12 Å². The quantitative estimate of drug-likeness (QED) is 0.512. The van der Waals surface area contributed by atoms with Gasteiger partial charge >= 0.3 is 51.4 Å². The van der Waals surface area contributed by atoms with Crippen molar-refractivity contribution in [2.24, 2.45) is 0 Å². The topological polar surface area (TPSA) is 103 Å². The number of amides is 1. The molecule has 0 aromatic heterocycles. The predicted octanol–water partition coefficient (Wildman–Crippen LogP) is -1.80. The number of hydrogen-bond donors (Lipinski definition) is 1. The summed E-state index contributed by atoms with van der Waals surface area (Å²) in [6.07, 6.45) is 0. The molecule has 1 amide bonds. The maximum Gasteiger partial charge on any atom is 1.00 e. The number of benzene rings is 1. The summed E-state index contributed by atoms with van der Waals surface area (Å²) in [6, 6.07) is 4.85. The molecule has 104 valence electrons. The van der Waals surface area contributed by atoms with Gasteiger partial charge in [0.1, 0.15) is 10.1 Å². The van der Waals surface area contributed by atoms with Gasteiger partial charge in [0.2, 0.25) is 5.91 Å². The summed E-state index contributed by atoms with van der Waals surface area (Å²) in [5, 5.41) is 1.79. The number of carbonyl (C=O) groups is 2. The van der Waals surface area contributed by atoms with Crippen LogP contribution >= 0.6 is 11.8 Å². The van der Waals surface area contributed by atoms with Crippen molar-refractivity contribution in [1.82, 2.24) is 0 Å². The second-order valence-corrected chi connectivity index (χ2v) is 6.62. The minimum Gasteiger partial charge on any atom is -0.744 e. The first kappa shape index (κ1) is 20.3. The second-order valence-electron chi connectivity index (χ2n) is 3.72. The summed E-state index contributed by atoms with van der Waals surface area (Å²) in [6.45, 7) is 2.94. The Morgan fingerprint density at radius 2 is 1.75 bits per heavy atom. The van der Waals surface area contributed by atoms with Crippen molar-refractivity contribution in [3.05, 3.63) is 24.3 Å². The smallest absolute Gasteiger partial charge is 0.744 e. The van der Waals surface area contributed by atoms with Crippen LogP contribution in [0.2, 0.25) is 0 Å². The van der Waals surface area contributed by atoms with Crippen LogP contribution in [0.4, 0.5) is 5.69 Å². The van der Waals surface area contributed by atoms with Crippen LogP contribution in [0.3, 0.4) is 0 Å². The molecule has 0 aliphatic carbocycles. The van der Waals surface area contributed by atoms with Gasteiger partial charge in [0.25, 0.3) is 0 Å². The molecular formula is C11H12KNO5S2. The van der Waals surface area contributed by atoms with Crippen LogP contribution in [0, 0.1) is 0 Å². The number of thioether (sulfide) groups is 1. The van der Waals surface area contributed by atoms with E-state index in [0.717, 1.165) is 23.9 Å². The normalized spacial score (nSPS) is 12.2. The molecule has 0 saturated heterocycles. The number of hydrogen-bond acceptors (Lipinski definition) is 6. The molecule has 1 unspecified atom stereocenters. The molecule has 1 rings (SSSR count). The molecule has 0 bridgehead atoms. The van der Waals surface area contributed by atoms with E-state index in [-0.39, 0.29) is 67.3 Å². The Labute approximate surface area is 164 Å². The number of carbonyl (C=O) groups excluding carboxylic acids is 2. The van der Waals surface area contributed by atoms with Crippen molar-refractivity contribution < 1.29 is 73.9 Å². The zero-order valence-electron chi connectivity index (χ0n) is 11.2. The summed E-state index contributed by atoms with van der Waals surface area (Å²) in [4.78, 5) is 22.1. The molecule has 0 saturated carbocycles. The average Bonchev–Trinajstić information content (AvgIpc) is 2.27. The predicted molar refractivity (Wildman–Crippen MR) is 70.8 cm³/mol. The van der Waals surface area contributed by atoms with E-state index >= 15 is 0 Å². The molecule has 0 heterocycles. The summed E-state index contributed by atoms with van der Waals surface area (Å²) >= 11 is 0.892. The van der Waals surface area contributed by atoms with E-state index in [9.17, 15) is 22.6 Å². The Balaban J connectivity index is 0.00000361. The molecule has 1 aromatic rings. The third-order valence-electron chi connectivity index (χ3n) is 2.12. The minimum atomic E-state index is -4.49. The first-order valence-corrected chi connectivity index (χ1v) is 7.53. The Morgan fingerprint density at radius 3 is 2.15 bits per heavy atom. The van der Waals surface area contributed by atoms with Crippen molar-refractivity contribution in [3.8, 4) is 0 Å². The van der Waals surface area contributed by atoms with E-state index < -0.39 is 15.4 Å². The standard InChI is InChI=1S/C11H13NO5S2.K/c1-7(18-8(2)13)11(14)12-9-3-5-10(6-4-9)19(15,16)17;/h3-7H,1-2H3,(H,12,14)(H,15,16,17);/q;+1/p-1. The van der Waals surface area contributed by atoms with E-state index in [1.165, 1.54) is 19.1 Å². The molecule has 0 aliphatic heterocycles. The van der Waals surface area contributed by atoms with Crippen LogP contribution in [0.25, 0.3) is 0 Å². The Bertz CT molecular complexity index is 585. The molecule has 1 N–H and O–H groups in total. The first-order valence-electron chi connectivity index (χ1n) is 5.24. The fourth-order valence-electron chi connectivity index (χ4n) is 1.25. The monoisotopic (exact) mass is 341 g/mol. The Morgan fingerprint density at radius 1 is 1.25 bits per heavy atom. The summed E-state index contributed by atoms with van der Waals surface area (Å²) in [5.41, 5.74) is 0.355. The largest absolute Gasteiger partial charge is 1.00 e. The average molecular weight is 341 g/mol. The van der Waals surface area contributed by atoms with Crippen molar-refractivity contribution in [1.29, 1.82) is 0 Å². The maximum absolute atomic E-state index is 11.7. The fourth-order valence-corrected chi connectivity index (χ4v) is 2.38. The van der Waals surface area contributed by atoms with Crippen LogP contribution < -0.4 is 56.7 Å². The molecule has 9 heteroatoms. The third-order valence-corrected chi connectivity index (χ3v) is 3.87. The van der Waals surface area contributed by atoms with Crippen LogP contribution in [0.5, 0.6) is 0 Å². The molecule has 0 radical (unpaired) electrons. The molecule has 0 fully saturated rings. The molecule has 6 nitrogen and oxygen atoms in total. The number of rotatable bonds is 4. The molecule has 0 spiro atoms. The van der Waals surface area contributed by atoms with Crippen LogP contribution in [0.15, 0.2) is 29.2 Å².